The summed E-state index contributed by atoms with van der Waals surface area (Å²) >= 11 is 0. The van der Waals surface area contributed by atoms with Crippen LogP contribution in [0.2, 0.25) is 0 Å². The lowest BCUT2D eigenvalue weighted by Gasteiger charge is -2.07. The van der Waals surface area contributed by atoms with E-state index in [1.807, 2.05) is 6.92 Å². The van der Waals surface area contributed by atoms with Gasteiger partial charge in [-0.2, -0.15) is 0 Å². The summed E-state index contributed by atoms with van der Waals surface area (Å²) in [6.45, 7) is 10.3. The first-order valence-corrected chi connectivity index (χ1v) is 7.22. The number of ether oxygens (including phenoxy) is 3. The lowest BCUT2D eigenvalue weighted by Crippen LogP contribution is -2.13. The van der Waals surface area contributed by atoms with E-state index in [2.05, 4.69) is 13.5 Å². The highest BCUT2D eigenvalue weighted by Crippen LogP contribution is 1.99. The average Bonchev–Trinajstić information content (AvgIpc) is 2.43. The Bertz CT molecular complexity index is 238. The van der Waals surface area contributed by atoms with Crippen molar-refractivity contribution in [3.8, 4) is 0 Å². The Morgan fingerprint density at radius 3 is 2.16 bits per heavy atom. The highest BCUT2D eigenvalue weighted by Gasteiger charge is 2.04. The molecule has 0 heterocycles. The molecule has 0 aromatic carbocycles. The lowest BCUT2D eigenvalue weighted by molar-refractivity contribution is -0.140. The molecule has 0 fully saturated rings. The van der Waals surface area contributed by atoms with Crippen molar-refractivity contribution in [3.05, 3.63) is 12.2 Å². The summed E-state index contributed by atoms with van der Waals surface area (Å²) in [5.41, 5.74) is 0.496. The van der Waals surface area contributed by atoms with E-state index in [0.717, 1.165) is 13.0 Å². The molecule has 0 amide bonds. The molecule has 19 heavy (non-hydrogen) atoms. The zero-order chi connectivity index (χ0) is 14.3. The second-order valence-electron chi connectivity index (χ2n) is 4.38. The van der Waals surface area contributed by atoms with Gasteiger partial charge in [-0.15, -0.1) is 0 Å². The van der Waals surface area contributed by atoms with Gasteiger partial charge in [-0.25, -0.2) is 4.79 Å². The maximum atomic E-state index is 11.2. The van der Waals surface area contributed by atoms with Gasteiger partial charge in [-0.1, -0.05) is 39.7 Å². The first-order chi connectivity index (χ1) is 9.22. The molecular formula is C15H28O4. The number of carbonyl (C=O) groups excluding carboxylic acids is 1. The first kappa shape index (κ1) is 18.1. The second kappa shape index (κ2) is 13.6. The molecule has 0 aliphatic carbocycles. The summed E-state index contributed by atoms with van der Waals surface area (Å²) in [7, 11) is 0. The van der Waals surface area contributed by atoms with Gasteiger partial charge in [0.25, 0.3) is 0 Å². The normalized spacial score (nSPS) is 10.4. The maximum Gasteiger partial charge on any atom is 0.333 e. The lowest BCUT2D eigenvalue weighted by atomic mass is 10.2. The van der Waals surface area contributed by atoms with Crippen molar-refractivity contribution in [1.82, 2.24) is 0 Å². The summed E-state index contributed by atoms with van der Waals surface area (Å²) in [6, 6.07) is 0. The smallest absolute Gasteiger partial charge is 0.333 e. The third kappa shape index (κ3) is 11.9. The SMILES string of the molecule is C=C(CC)C(=O)OCCOCCOCCCCCC. The van der Waals surface area contributed by atoms with E-state index in [4.69, 9.17) is 14.2 Å². The van der Waals surface area contributed by atoms with Crippen LogP contribution in [0.15, 0.2) is 12.2 Å². The standard InChI is InChI=1S/C15H28O4/c1-4-6-7-8-9-17-10-11-18-12-13-19-15(16)14(3)5-2/h3-13H2,1-2H3. The van der Waals surface area contributed by atoms with E-state index >= 15 is 0 Å². The Morgan fingerprint density at radius 1 is 0.895 bits per heavy atom. The van der Waals surface area contributed by atoms with Gasteiger partial charge in [0.05, 0.1) is 19.8 Å². The molecule has 0 bridgehead atoms. The van der Waals surface area contributed by atoms with Crippen molar-refractivity contribution in [2.75, 3.05) is 33.0 Å². The van der Waals surface area contributed by atoms with Crippen LogP contribution in [-0.2, 0) is 19.0 Å². The molecule has 0 atom stereocenters. The molecule has 0 aliphatic heterocycles. The molecule has 4 heteroatoms. The van der Waals surface area contributed by atoms with E-state index in [1.54, 1.807) is 0 Å². The molecule has 0 rings (SSSR count). The Morgan fingerprint density at radius 2 is 1.53 bits per heavy atom. The van der Waals surface area contributed by atoms with Crippen molar-refractivity contribution >= 4 is 5.97 Å². The molecule has 0 aliphatic rings. The molecule has 112 valence electrons. The number of rotatable bonds is 13. The molecular weight excluding hydrogens is 244 g/mol. The fourth-order valence-electron chi connectivity index (χ4n) is 1.39. The van der Waals surface area contributed by atoms with E-state index < -0.39 is 0 Å². The van der Waals surface area contributed by atoms with Crippen molar-refractivity contribution in [2.45, 2.75) is 46.0 Å². The molecule has 0 N–H and O–H groups in total. The topological polar surface area (TPSA) is 44.8 Å². The summed E-state index contributed by atoms with van der Waals surface area (Å²) in [5, 5.41) is 0. The predicted molar refractivity (Wildman–Crippen MR) is 76.2 cm³/mol. The Hall–Kier alpha value is -0.870. The number of esters is 1. The summed E-state index contributed by atoms with van der Waals surface area (Å²) in [6.07, 6.45) is 5.48. The van der Waals surface area contributed by atoms with Crippen LogP contribution >= 0.6 is 0 Å². The number of unbranched alkanes of at least 4 members (excludes halogenated alkanes) is 3. The van der Waals surface area contributed by atoms with Gasteiger partial charge >= 0.3 is 5.97 Å². The van der Waals surface area contributed by atoms with Crippen molar-refractivity contribution in [1.29, 1.82) is 0 Å². The Balaban J connectivity index is 3.15. The van der Waals surface area contributed by atoms with Crippen LogP contribution in [0.25, 0.3) is 0 Å². The molecule has 0 saturated carbocycles. The number of hydrogen-bond donors (Lipinski definition) is 0. The summed E-state index contributed by atoms with van der Waals surface area (Å²) in [5.74, 6) is -0.335. The van der Waals surface area contributed by atoms with Crippen LogP contribution in [0.1, 0.15) is 46.0 Å². The van der Waals surface area contributed by atoms with Crippen molar-refractivity contribution in [3.63, 3.8) is 0 Å². The van der Waals surface area contributed by atoms with Crippen LogP contribution in [-0.4, -0.2) is 39.0 Å². The van der Waals surface area contributed by atoms with Gasteiger partial charge in [-0.3, -0.25) is 0 Å². The van der Waals surface area contributed by atoms with Crippen LogP contribution in [0.4, 0.5) is 0 Å². The largest absolute Gasteiger partial charge is 0.460 e. The van der Waals surface area contributed by atoms with E-state index in [0.29, 0.717) is 31.8 Å². The van der Waals surface area contributed by atoms with E-state index in [9.17, 15) is 4.79 Å². The third-order valence-corrected chi connectivity index (χ3v) is 2.69. The van der Waals surface area contributed by atoms with Crippen molar-refractivity contribution in [2.24, 2.45) is 0 Å². The molecule has 0 radical (unpaired) electrons. The zero-order valence-electron chi connectivity index (χ0n) is 12.4. The monoisotopic (exact) mass is 272 g/mol. The highest BCUT2D eigenvalue weighted by atomic mass is 16.6. The van der Waals surface area contributed by atoms with Crippen molar-refractivity contribution < 1.29 is 19.0 Å². The van der Waals surface area contributed by atoms with Crippen LogP contribution < -0.4 is 0 Å². The Kier molecular flexibility index (Phi) is 12.9. The minimum atomic E-state index is -0.335. The number of hydrogen-bond acceptors (Lipinski definition) is 4. The molecule has 0 saturated heterocycles. The summed E-state index contributed by atoms with van der Waals surface area (Å²) in [4.78, 5) is 11.2. The zero-order valence-corrected chi connectivity index (χ0v) is 12.4. The second-order valence-corrected chi connectivity index (χ2v) is 4.38. The quantitative estimate of drug-likeness (QED) is 0.293. The molecule has 4 nitrogen and oxygen atoms in total. The highest BCUT2D eigenvalue weighted by molar-refractivity contribution is 5.87. The van der Waals surface area contributed by atoms with Gasteiger partial charge in [0.15, 0.2) is 0 Å². The predicted octanol–water partition coefficient (Wildman–Crippen LogP) is 3.11. The molecule has 0 aromatic heterocycles. The van der Waals surface area contributed by atoms with Crippen LogP contribution in [0, 0.1) is 0 Å². The van der Waals surface area contributed by atoms with Gasteiger partial charge in [0.1, 0.15) is 6.61 Å². The van der Waals surface area contributed by atoms with Gasteiger partial charge in [-0.05, 0) is 12.8 Å². The maximum absolute atomic E-state index is 11.2. The number of carbonyl (C=O) groups is 1. The van der Waals surface area contributed by atoms with Gasteiger partial charge in [0.2, 0.25) is 0 Å². The van der Waals surface area contributed by atoms with E-state index in [1.165, 1.54) is 19.3 Å². The van der Waals surface area contributed by atoms with Gasteiger partial charge < -0.3 is 14.2 Å². The van der Waals surface area contributed by atoms with Gasteiger partial charge in [0, 0.05) is 12.2 Å². The minimum Gasteiger partial charge on any atom is -0.460 e. The summed E-state index contributed by atoms with van der Waals surface area (Å²) < 4.78 is 15.7. The third-order valence-electron chi connectivity index (χ3n) is 2.69. The molecule has 0 unspecified atom stereocenters. The Labute approximate surface area is 117 Å². The average molecular weight is 272 g/mol. The molecule has 0 spiro atoms. The van der Waals surface area contributed by atoms with Crippen LogP contribution in [0.5, 0.6) is 0 Å². The molecule has 0 aromatic rings. The fourth-order valence-corrected chi connectivity index (χ4v) is 1.39. The minimum absolute atomic E-state index is 0.272. The van der Waals surface area contributed by atoms with Crippen LogP contribution in [0.3, 0.4) is 0 Å². The fraction of sp³-hybridized carbons (Fsp3) is 0.800. The van der Waals surface area contributed by atoms with E-state index in [-0.39, 0.29) is 12.6 Å². The first-order valence-electron chi connectivity index (χ1n) is 7.22.